The van der Waals surface area contributed by atoms with Crippen molar-refractivity contribution < 1.29 is 82.1 Å². The number of aliphatic hydroxyl groups excluding tert-OH is 1. The van der Waals surface area contributed by atoms with Crippen molar-refractivity contribution >= 4 is 127 Å². The van der Waals surface area contributed by atoms with Gasteiger partial charge in [-0.15, -0.1) is 0 Å². The maximum Gasteiger partial charge on any atom is 0.305 e. The van der Waals surface area contributed by atoms with E-state index in [1.165, 1.54) is 45.1 Å². The van der Waals surface area contributed by atoms with Crippen LogP contribution in [0.1, 0.15) is 104 Å². The lowest BCUT2D eigenvalue weighted by Gasteiger charge is -2.30. The molecule has 592 valence electrons. The number of fused-ring (bicyclic) bond motifs is 1. The molecule has 3 aromatic heterocycles. The van der Waals surface area contributed by atoms with Crippen molar-refractivity contribution in [2.75, 3.05) is 24.6 Å². The van der Waals surface area contributed by atoms with Gasteiger partial charge < -0.3 is 118 Å². The van der Waals surface area contributed by atoms with Crippen molar-refractivity contribution in [1.82, 2.24) is 88.7 Å². The number of aromatic nitrogens is 5. The molecule has 1 aliphatic heterocycles. The number of imidazole rings is 2. The number of primary amides is 2. The minimum atomic E-state index is -2.04. The Morgan fingerprint density at radius 3 is 1.69 bits per heavy atom. The molecule has 5 rings (SSSR count). The number of guanidine groups is 1. The third-order valence-electron chi connectivity index (χ3n) is 17.3. The molecule has 42 heteroatoms. The Balaban J connectivity index is 1.66. The summed E-state index contributed by atoms with van der Waals surface area (Å²) in [6.07, 6.45) is 2.04. The molecule has 1 aliphatic rings. The van der Waals surface area contributed by atoms with Crippen LogP contribution in [0.5, 0.6) is 0 Å². The highest BCUT2D eigenvalue weighted by Crippen LogP contribution is 2.25. The molecule has 0 saturated carbocycles. The zero-order valence-electron chi connectivity index (χ0n) is 60.7. The van der Waals surface area contributed by atoms with Crippen LogP contribution in [0.25, 0.3) is 10.9 Å². The number of H-pyrrole nitrogens is 3. The third kappa shape index (κ3) is 28.1. The molecule has 1 saturated heterocycles. The number of carbonyl (C=O) groups excluding carboxylic acids is 14. The van der Waals surface area contributed by atoms with Crippen LogP contribution in [0.2, 0.25) is 0 Å². The number of hydrogen-bond donors (Lipinski definition) is 22. The van der Waals surface area contributed by atoms with Crippen molar-refractivity contribution in [3.8, 4) is 0 Å². The minimum absolute atomic E-state index is 0.0154. The van der Waals surface area contributed by atoms with Crippen molar-refractivity contribution in [3.05, 3.63) is 72.5 Å². The van der Waals surface area contributed by atoms with Gasteiger partial charge in [0.05, 0.1) is 37.8 Å². The van der Waals surface area contributed by atoms with Crippen LogP contribution >= 0.6 is 21.6 Å². The van der Waals surface area contributed by atoms with Crippen molar-refractivity contribution in [2.24, 2.45) is 51.4 Å². The summed E-state index contributed by atoms with van der Waals surface area (Å²) in [5, 5.41) is 51.4. The van der Waals surface area contributed by atoms with E-state index in [9.17, 15) is 82.1 Å². The molecule has 4 heterocycles. The molecular weight excluding hydrogens is 1450 g/mol. The van der Waals surface area contributed by atoms with E-state index in [2.05, 4.69) is 93.7 Å². The van der Waals surface area contributed by atoms with Gasteiger partial charge in [-0.3, -0.25) is 76.9 Å². The number of carboxylic acids is 1. The topological polar surface area (TPSA) is 656 Å². The predicted molar refractivity (Wildman–Crippen MR) is 394 cm³/mol. The second kappa shape index (κ2) is 43.1. The number of carbonyl (C=O) groups is 15. The first-order chi connectivity index (χ1) is 51.1. The molecule has 0 radical (unpaired) electrons. The van der Waals surface area contributed by atoms with E-state index in [4.69, 9.17) is 28.7 Å². The van der Waals surface area contributed by atoms with E-state index >= 15 is 0 Å². The summed E-state index contributed by atoms with van der Waals surface area (Å²) in [6, 6.07) is -12.7. The second-order valence-electron chi connectivity index (χ2n) is 26.5. The van der Waals surface area contributed by atoms with Crippen molar-refractivity contribution in [2.45, 2.75) is 185 Å². The Labute approximate surface area is 628 Å². The van der Waals surface area contributed by atoms with Crippen LogP contribution in [-0.4, -0.2) is 233 Å². The van der Waals surface area contributed by atoms with E-state index < -0.39 is 217 Å². The summed E-state index contributed by atoms with van der Waals surface area (Å²) in [5.74, 6) is -19.4. The zero-order valence-corrected chi connectivity index (χ0v) is 62.3. The molecule has 4 aromatic rings. The standard InChI is InChI=1S/C66H99N23O17S2/c1-8-32(6)50(68)63(104)86-46-27-108-107-26-45(62(103)89-53(33(7)90)54(69)95)85-56(97)39(14-11-17-74-66(70)71)80-59(100)43(20-36-24-73-29-78-36)83-58(99)42(19-35-23-72-28-77-35)79-48(92)25-76-55(96)41(18-34-22-75-38-13-10-9-12-37(34)38)82-60(101)44(21-49(93)94)84-57(98)40(15-16-47(67)91)81-64(105)51(30(2)3)88-65(106)52(31(4)5)87-61(46)102/h9-10,12-13,22-24,28-33,39-46,50-53,75,90H,8,11,14-21,25-27,68H2,1-7H3,(H2,67,91)(H2,69,95)(H,72,77)(H,73,78)(H,76,96)(H,79,92)(H,80,100)(H,81,105)(H,82,101)(H,83,99)(H,84,98)(H,85,97)(H,86,104)(H,87,102)(H,88,106)(H,89,103)(H,93,94)(H4,70,71,74)/t32-,33+,39?,40-,41?,42?,43?,44-,45-,46?,50-,51-,52-,53-/m0/s1. The number of rotatable bonds is 25. The van der Waals surface area contributed by atoms with Crippen LogP contribution < -0.4 is 92.5 Å². The van der Waals surface area contributed by atoms with Gasteiger partial charge in [0, 0.05) is 84.6 Å². The van der Waals surface area contributed by atoms with E-state index in [0.717, 1.165) is 28.5 Å². The number of aliphatic hydroxyl groups is 1. The maximum absolute atomic E-state index is 14.9. The predicted octanol–water partition coefficient (Wildman–Crippen LogP) is -6.17. The van der Waals surface area contributed by atoms with Crippen LogP contribution in [0.15, 0.2) is 60.5 Å². The molecule has 108 heavy (non-hydrogen) atoms. The number of benzene rings is 1. The number of para-hydroxylation sites is 1. The largest absolute Gasteiger partial charge is 0.481 e. The van der Waals surface area contributed by atoms with Gasteiger partial charge in [0.15, 0.2) is 5.96 Å². The molecule has 1 fully saturated rings. The Morgan fingerprint density at radius 2 is 1.14 bits per heavy atom. The smallest absolute Gasteiger partial charge is 0.305 e. The summed E-state index contributed by atoms with van der Waals surface area (Å²) in [6.45, 7) is 9.74. The quantitative estimate of drug-likeness (QED) is 0.0127. The average Bonchev–Trinajstić information content (AvgIpc) is 1.65. The van der Waals surface area contributed by atoms with Gasteiger partial charge in [0.25, 0.3) is 0 Å². The fourth-order valence-electron chi connectivity index (χ4n) is 10.9. The fraction of sp³-hybridized carbons (Fsp3) is 0.545. The van der Waals surface area contributed by atoms with Crippen molar-refractivity contribution in [3.63, 3.8) is 0 Å². The van der Waals surface area contributed by atoms with Crippen LogP contribution in [0.4, 0.5) is 0 Å². The lowest BCUT2D eigenvalue weighted by molar-refractivity contribution is -0.141. The number of aliphatic carboxylic acids is 1. The molecular formula is C66H99N23O17S2. The molecule has 0 aliphatic carbocycles. The van der Waals surface area contributed by atoms with E-state index in [0.29, 0.717) is 22.9 Å². The molecule has 27 N–H and O–H groups in total. The summed E-state index contributed by atoms with van der Waals surface area (Å²) >= 11 is 0. The first-order valence-electron chi connectivity index (χ1n) is 34.7. The molecule has 40 nitrogen and oxygen atoms in total. The van der Waals surface area contributed by atoms with Gasteiger partial charge >= 0.3 is 5.97 Å². The minimum Gasteiger partial charge on any atom is -0.481 e. The molecule has 14 atom stereocenters. The van der Waals surface area contributed by atoms with Crippen LogP contribution in [-0.2, 0) is 91.2 Å². The first-order valence-corrected chi connectivity index (χ1v) is 37.2. The second-order valence-corrected chi connectivity index (χ2v) is 29.1. The van der Waals surface area contributed by atoms with Gasteiger partial charge in [-0.1, -0.05) is 87.8 Å². The number of nitrogens with one attached hydrogen (secondary N) is 15. The molecule has 1 aromatic carbocycles. The number of carboxylic acid groups (broad SMARTS) is 1. The number of aliphatic imine (C=N–C) groups is 1. The Bertz CT molecular complexity index is 3820. The Morgan fingerprint density at radius 1 is 0.620 bits per heavy atom. The summed E-state index contributed by atoms with van der Waals surface area (Å²) in [4.78, 5) is 232. The van der Waals surface area contributed by atoms with Crippen LogP contribution in [0, 0.1) is 17.8 Å². The number of nitrogens with zero attached hydrogens (tertiary/aromatic N) is 3. The lowest BCUT2D eigenvalue weighted by atomic mass is 9.98. The molecule has 14 amide bonds. The Kier molecular flexibility index (Phi) is 35.0. The summed E-state index contributed by atoms with van der Waals surface area (Å²) in [5.41, 5.74) is 30.2. The van der Waals surface area contributed by atoms with Gasteiger partial charge in [0.1, 0.15) is 66.5 Å². The normalized spacial score (nSPS) is 23.2. The molecule has 5 unspecified atom stereocenters. The average molecular weight is 1550 g/mol. The fourth-order valence-corrected chi connectivity index (χ4v) is 13.2. The van der Waals surface area contributed by atoms with E-state index in [1.54, 1.807) is 52.0 Å². The number of nitrogens with two attached hydrogens (primary N) is 5. The molecule has 0 bridgehead atoms. The van der Waals surface area contributed by atoms with Gasteiger partial charge in [-0.2, -0.15) is 0 Å². The van der Waals surface area contributed by atoms with Gasteiger partial charge in [-0.05, 0) is 55.6 Å². The maximum atomic E-state index is 14.9. The summed E-state index contributed by atoms with van der Waals surface area (Å²) in [7, 11) is 1.71. The number of hydrogen-bond acceptors (Lipinski definition) is 22. The van der Waals surface area contributed by atoms with Crippen LogP contribution in [0.3, 0.4) is 0 Å². The SMILES string of the molecule is CC[C@H](C)[C@H](N)C(=O)NC1CSSC[C@@H](C(=O)N[C@H](C(N)=O)[C@@H](C)O)NC(=O)C(CCCN=C(N)N)NC(=O)C(Cc2cnc[nH]2)NC(=O)C(Cc2cnc[nH]2)NC(=O)CNC(=O)C(Cc2c[nH]c3ccccc23)NC(=O)[C@H](CC(=O)O)NC(=O)[C@H](CCC(N)=O)NC(=O)[C@H](C(C)C)NC(=O)[C@H](C(C)C)NC1=O. The van der Waals surface area contributed by atoms with Gasteiger partial charge in [-0.25, -0.2) is 9.97 Å². The van der Waals surface area contributed by atoms with E-state index in [1.807, 2.05) is 0 Å². The highest BCUT2D eigenvalue weighted by molar-refractivity contribution is 8.76. The van der Waals surface area contributed by atoms with Gasteiger partial charge in [0.2, 0.25) is 82.7 Å². The zero-order chi connectivity index (χ0) is 80.1. The Hall–Kier alpha value is -10.9. The summed E-state index contributed by atoms with van der Waals surface area (Å²) < 4.78 is 0. The molecule has 0 spiro atoms. The lowest BCUT2D eigenvalue weighted by Crippen LogP contribution is -2.62. The third-order valence-corrected chi connectivity index (χ3v) is 19.7. The highest BCUT2D eigenvalue weighted by atomic mass is 33.1. The monoisotopic (exact) mass is 1550 g/mol. The van der Waals surface area contributed by atoms with E-state index in [-0.39, 0.29) is 61.7 Å². The first kappa shape index (κ1) is 87.8. The number of amides is 14. The number of aromatic amines is 3. The van der Waals surface area contributed by atoms with Crippen molar-refractivity contribution in [1.29, 1.82) is 0 Å². The highest BCUT2D eigenvalue weighted by Gasteiger charge is 2.39.